The number of rotatable bonds is 6. The van der Waals surface area contributed by atoms with E-state index in [0.29, 0.717) is 44.1 Å². The predicted molar refractivity (Wildman–Crippen MR) is 111 cm³/mol. The Morgan fingerprint density at radius 3 is 2.77 bits per heavy atom. The Morgan fingerprint density at radius 1 is 1.27 bits per heavy atom. The monoisotopic (exact) mass is 431 g/mol. The molecule has 2 N–H and O–H groups in total. The number of benzene rings is 2. The Morgan fingerprint density at radius 2 is 2.10 bits per heavy atom. The Labute approximate surface area is 176 Å². The van der Waals surface area contributed by atoms with Gasteiger partial charge in [-0.25, -0.2) is 27.8 Å². The maximum atomic E-state index is 14.8. The highest BCUT2D eigenvalue weighted by molar-refractivity contribution is 7.82. The molecule has 1 aliphatic rings. The van der Waals surface area contributed by atoms with Crippen LogP contribution < -0.4 is 5.14 Å². The van der Waals surface area contributed by atoms with Crippen LogP contribution in [-0.2, 0) is 24.0 Å². The molecule has 2 aromatic carbocycles. The van der Waals surface area contributed by atoms with E-state index in [-0.39, 0.29) is 10.6 Å². The van der Waals surface area contributed by atoms with Crippen molar-refractivity contribution in [3.8, 4) is 5.69 Å². The summed E-state index contributed by atoms with van der Waals surface area (Å²) in [5, 5.41) is 9.88. The standard InChI is InChI=1S/C21H23F2N5OS/c1-14-3-2-4-15(9-14)10-21-25-20(13-27-8-7-16(22)12-27)26-28(21)19-6-5-17(30(24)29)11-18(19)23/h2-6,9,11,16H,7-8,10,12-13,24H2,1H3. The molecule has 0 bridgehead atoms. The maximum absolute atomic E-state index is 14.8. The zero-order valence-corrected chi connectivity index (χ0v) is 17.4. The molecule has 0 aliphatic carbocycles. The number of hydrogen-bond acceptors (Lipinski definition) is 4. The first-order chi connectivity index (χ1) is 14.4. The first-order valence-electron chi connectivity index (χ1n) is 9.72. The fraction of sp³-hybridized carbons (Fsp3) is 0.333. The summed E-state index contributed by atoms with van der Waals surface area (Å²) >= 11 is 0. The summed E-state index contributed by atoms with van der Waals surface area (Å²) in [6.07, 6.45) is 0.133. The number of likely N-dealkylation sites (tertiary alicyclic amines) is 1. The summed E-state index contributed by atoms with van der Waals surface area (Å²) < 4.78 is 41.3. The third-order valence-corrected chi connectivity index (χ3v) is 5.84. The van der Waals surface area contributed by atoms with Crippen LogP contribution in [0.3, 0.4) is 0 Å². The minimum absolute atomic E-state index is 0.197. The summed E-state index contributed by atoms with van der Waals surface area (Å²) in [6, 6.07) is 12.2. The largest absolute Gasteiger partial charge is 0.293 e. The summed E-state index contributed by atoms with van der Waals surface area (Å²) in [5.74, 6) is 0.503. The van der Waals surface area contributed by atoms with Crippen LogP contribution in [-0.4, -0.2) is 43.1 Å². The average Bonchev–Trinajstić information content (AvgIpc) is 3.27. The number of nitrogens with zero attached hydrogens (tertiary/aromatic N) is 4. The van der Waals surface area contributed by atoms with Gasteiger partial charge in [0.05, 0.1) is 11.4 Å². The third kappa shape index (κ3) is 4.63. The van der Waals surface area contributed by atoms with Crippen LogP contribution in [0.5, 0.6) is 0 Å². The van der Waals surface area contributed by atoms with Gasteiger partial charge in [0.2, 0.25) is 0 Å². The van der Waals surface area contributed by atoms with Crippen LogP contribution in [0.15, 0.2) is 47.4 Å². The van der Waals surface area contributed by atoms with E-state index in [1.807, 2.05) is 36.1 Å². The van der Waals surface area contributed by atoms with Gasteiger partial charge in [-0.15, -0.1) is 5.10 Å². The number of aryl methyl sites for hydroxylation is 1. The van der Waals surface area contributed by atoms with Gasteiger partial charge in [0.25, 0.3) is 0 Å². The van der Waals surface area contributed by atoms with Crippen molar-refractivity contribution in [2.24, 2.45) is 5.14 Å². The molecule has 1 aromatic heterocycles. The lowest BCUT2D eigenvalue weighted by molar-refractivity contribution is 0.277. The number of aromatic nitrogens is 3. The molecule has 1 saturated heterocycles. The lowest BCUT2D eigenvalue weighted by atomic mass is 10.1. The van der Waals surface area contributed by atoms with E-state index in [1.165, 1.54) is 16.8 Å². The van der Waals surface area contributed by atoms with Gasteiger partial charge in [-0.2, -0.15) is 0 Å². The van der Waals surface area contributed by atoms with Crippen LogP contribution in [0.1, 0.15) is 29.2 Å². The number of hydrogen-bond donors (Lipinski definition) is 1. The third-order valence-electron chi connectivity index (χ3n) is 5.12. The number of nitrogens with two attached hydrogens (primary N) is 1. The van der Waals surface area contributed by atoms with E-state index in [1.54, 1.807) is 0 Å². The normalized spacial score (nSPS) is 18.1. The second kappa shape index (κ2) is 8.71. The Bertz CT molecular complexity index is 1090. The van der Waals surface area contributed by atoms with Gasteiger partial charge < -0.3 is 0 Å². The Kier molecular flexibility index (Phi) is 6.03. The highest BCUT2D eigenvalue weighted by Crippen LogP contribution is 2.21. The molecule has 1 aliphatic heterocycles. The van der Waals surface area contributed by atoms with Crippen LogP contribution in [0.2, 0.25) is 0 Å². The van der Waals surface area contributed by atoms with Crippen molar-refractivity contribution in [2.75, 3.05) is 13.1 Å². The molecule has 0 saturated carbocycles. The summed E-state index contributed by atoms with van der Waals surface area (Å²) in [5.41, 5.74) is 2.35. The molecule has 2 unspecified atom stereocenters. The second-order valence-corrected chi connectivity index (χ2v) is 8.62. The maximum Gasteiger partial charge on any atom is 0.165 e. The molecule has 0 amide bonds. The van der Waals surface area contributed by atoms with Crippen LogP contribution in [0.4, 0.5) is 8.78 Å². The van der Waals surface area contributed by atoms with Crippen LogP contribution in [0.25, 0.3) is 5.69 Å². The molecule has 2 atom stereocenters. The van der Waals surface area contributed by atoms with Gasteiger partial charge in [-0.3, -0.25) is 4.90 Å². The molecular weight excluding hydrogens is 408 g/mol. The van der Waals surface area contributed by atoms with E-state index >= 15 is 0 Å². The van der Waals surface area contributed by atoms with Gasteiger partial charge in [0, 0.05) is 19.5 Å². The van der Waals surface area contributed by atoms with Crippen molar-refractivity contribution >= 4 is 11.0 Å². The lowest BCUT2D eigenvalue weighted by Gasteiger charge is -2.11. The molecule has 158 valence electrons. The van der Waals surface area contributed by atoms with Crippen molar-refractivity contribution in [1.29, 1.82) is 0 Å². The van der Waals surface area contributed by atoms with E-state index in [9.17, 15) is 13.0 Å². The highest BCUT2D eigenvalue weighted by Gasteiger charge is 2.24. The number of halogens is 2. The molecule has 2 heterocycles. The molecule has 3 aromatic rings. The van der Waals surface area contributed by atoms with Gasteiger partial charge in [0.15, 0.2) is 5.82 Å². The lowest BCUT2D eigenvalue weighted by Crippen LogP contribution is -2.21. The van der Waals surface area contributed by atoms with Gasteiger partial charge in [0.1, 0.15) is 34.5 Å². The summed E-state index contributed by atoms with van der Waals surface area (Å²) in [6.45, 7) is 3.41. The molecule has 30 heavy (non-hydrogen) atoms. The van der Waals surface area contributed by atoms with Crippen LogP contribution in [0, 0.1) is 12.7 Å². The first-order valence-corrected chi connectivity index (χ1v) is 10.9. The fourth-order valence-corrected chi connectivity index (χ4v) is 4.11. The predicted octanol–water partition coefficient (Wildman–Crippen LogP) is 2.83. The average molecular weight is 432 g/mol. The zero-order valence-electron chi connectivity index (χ0n) is 16.6. The van der Waals surface area contributed by atoms with Gasteiger partial charge >= 0.3 is 0 Å². The summed E-state index contributed by atoms with van der Waals surface area (Å²) in [7, 11) is -1.77. The molecule has 0 radical (unpaired) electrons. The Balaban J connectivity index is 1.70. The fourth-order valence-electron chi connectivity index (χ4n) is 3.68. The smallest absolute Gasteiger partial charge is 0.165 e. The van der Waals surface area contributed by atoms with Crippen molar-refractivity contribution in [3.63, 3.8) is 0 Å². The van der Waals surface area contributed by atoms with Gasteiger partial charge in [-0.05, 0) is 37.1 Å². The van der Waals surface area contributed by atoms with Crippen molar-refractivity contribution in [1.82, 2.24) is 19.7 Å². The van der Waals surface area contributed by atoms with E-state index < -0.39 is 23.0 Å². The second-order valence-electron chi connectivity index (χ2n) is 7.55. The van der Waals surface area contributed by atoms with Crippen molar-refractivity contribution in [3.05, 3.63) is 71.1 Å². The molecule has 6 nitrogen and oxygen atoms in total. The van der Waals surface area contributed by atoms with E-state index in [0.717, 1.165) is 17.2 Å². The molecule has 9 heteroatoms. The highest BCUT2D eigenvalue weighted by atomic mass is 32.2. The van der Waals surface area contributed by atoms with Crippen molar-refractivity contribution in [2.45, 2.75) is 37.4 Å². The SMILES string of the molecule is Cc1cccc(Cc2nc(CN3CCC(F)C3)nn2-c2ccc(S(N)=O)cc2F)c1. The minimum atomic E-state index is -1.77. The number of alkyl halides is 1. The summed E-state index contributed by atoms with van der Waals surface area (Å²) in [4.78, 5) is 6.79. The molecule has 1 fully saturated rings. The molecular formula is C21H23F2N5OS. The Hall–Kier alpha value is -2.49. The molecule has 4 rings (SSSR count). The van der Waals surface area contributed by atoms with Crippen LogP contribution >= 0.6 is 0 Å². The van der Waals surface area contributed by atoms with E-state index in [4.69, 9.17) is 5.14 Å². The quantitative estimate of drug-likeness (QED) is 0.651. The van der Waals surface area contributed by atoms with Gasteiger partial charge in [-0.1, -0.05) is 29.8 Å². The first kappa shape index (κ1) is 20.8. The molecule has 0 spiro atoms. The zero-order chi connectivity index (χ0) is 21.3. The van der Waals surface area contributed by atoms with Crippen molar-refractivity contribution < 1.29 is 13.0 Å². The minimum Gasteiger partial charge on any atom is -0.293 e. The topological polar surface area (TPSA) is 77.0 Å². The van der Waals surface area contributed by atoms with E-state index in [2.05, 4.69) is 10.1 Å².